The Kier molecular flexibility index (Phi) is 6.48. The van der Waals surface area contributed by atoms with E-state index in [1.807, 2.05) is 6.07 Å². The minimum atomic E-state index is -3.77. The Bertz CT molecular complexity index is 864. The lowest BCUT2D eigenvalue weighted by Gasteiger charge is -2.22. The molecule has 1 amide bonds. The molecule has 0 aliphatic heterocycles. The van der Waals surface area contributed by atoms with Gasteiger partial charge < -0.3 is 9.64 Å². The number of carbonyl (C=O) groups excluding carboxylic acids is 2. The standard InChI is InChI=1S/C18H20N2O5S/c1-25-17(21)11-12-20(18(22)15-5-3-2-4-6-15)13-14-7-9-16(10-8-14)26(19,23)24/h2-10H,11-13H2,1H3,(H2,19,23,24). The first-order valence-electron chi connectivity index (χ1n) is 7.84. The Balaban J connectivity index is 2.20. The summed E-state index contributed by atoms with van der Waals surface area (Å²) in [7, 11) is -2.48. The third kappa shape index (κ3) is 5.40. The minimum absolute atomic E-state index is 0.00301. The maximum atomic E-state index is 12.7. The zero-order chi connectivity index (χ0) is 19.2. The lowest BCUT2D eigenvalue weighted by Crippen LogP contribution is -2.32. The summed E-state index contributed by atoms with van der Waals surface area (Å²) in [6, 6.07) is 14.6. The number of benzene rings is 2. The molecule has 0 unspecified atom stereocenters. The lowest BCUT2D eigenvalue weighted by atomic mass is 10.1. The summed E-state index contributed by atoms with van der Waals surface area (Å²) in [6.45, 7) is 0.396. The fourth-order valence-corrected chi connectivity index (χ4v) is 2.86. The van der Waals surface area contributed by atoms with Crippen LogP contribution in [0.3, 0.4) is 0 Å². The second-order valence-corrected chi connectivity index (χ2v) is 7.17. The zero-order valence-corrected chi connectivity index (χ0v) is 15.1. The van der Waals surface area contributed by atoms with Crippen molar-refractivity contribution in [3.8, 4) is 0 Å². The van der Waals surface area contributed by atoms with Gasteiger partial charge in [-0.2, -0.15) is 0 Å². The van der Waals surface area contributed by atoms with Gasteiger partial charge in [0.2, 0.25) is 10.0 Å². The molecular weight excluding hydrogens is 356 g/mol. The quantitative estimate of drug-likeness (QED) is 0.738. The Morgan fingerprint density at radius 1 is 1.04 bits per heavy atom. The number of sulfonamides is 1. The molecular formula is C18H20N2O5S. The van der Waals surface area contributed by atoms with Crippen LogP contribution in [0.25, 0.3) is 0 Å². The molecule has 0 aromatic heterocycles. The summed E-state index contributed by atoms with van der Waals surface area (Å²) >= 11 is 0. The topological polar surface area (TPSA) is 107 Å². The van der Waals surface area contributed by atoms with Gasteiger partial charge in [0.25, 0.3) is 5.91 Å². The molecule has 0 fully saturated rings. The van der Waals surface area contributed by atoms with E-state index in [2.05, 4.69) is 4.74 Å². The Hall–Kier alpha value is -2.71. The van der Waals surface area contributed by atoms with Crippen molar-refractivity contribution in [3.63, 3.8) is 0 Å². The number of hydrogen-bond donors (Lipinski definition) is 1. The summed E-state index contributed by atoms with van der Waals surface area (Å²) in [6.07, 6.45) is 0.0599. The minimum Gasteiger partial charge on any atom is -0.469 e. The van der Waals surface area contributed by atoms with Gasteiger partial charge in [0, 0.05) is 18.7 Å². The highest BCUT2D eigenvalue weighted by molar-refractivity contribution is 7.89. The van der Waals surface area contributed by atoms with Gasteiger partial charge in [0.05, 0.1) is 18.4 Å². The van der Waals surface area contributed by atoms with Gasteiger partial charge in [-0.1, -0.05) is 30.3 Å². The molecule has 0 atom stereocenters. The highest BCUT2D eigenvalue weighted by atomic mass is 32.2. The van der Waals surface area contributed by atoms with Gasteiger partial charge in [-0.3, -0.25) is 9.59 Å². The van der Waals surface area contributed by atoms with Crippen molar-refractivity contribution in [2.75, 3.05) is 13.7 Å². The number of nitrogens with zero attached hydrogens (tertiary/aromatic N) is 1. The molecule has 0 saturated heterocycles. The van der Waals surface area contributed by atoms with E-state index in [9.17, 15) is 18.0 Å². The Morgan fingerprint density at radius 2 is 1.65 bits per heavy atom. The van der Waals surface area contributed by atoms with Crippen molar-refractivity contribution >= 4 is 21.9 Å². The number of primary sulfonamides is 1. The first-order valence-corrected chi connectivity index (χ1v) is 9.39. The number of esters is 1. The molecule has 138 valence electrons. The monoisotopic (exact) mass is 376 g/mol. The van der Waals surface area contributed by atoms with Gasteiger partial charge in [0.15, 0.2) is 0 Å². The number of hydrogen-bond acceptors (Lipinski definition) is 5. The van der Waals surface area contributed by atoms with E-state index in [4.69, 9.17) is 5.14 Å². The molecule has 0 aliphatic carbocycles. The average Bonchev–Trinajstić information content (AvgIpc) is 2.64. The van der Waals surface area contributed by atoms with Gasteiger partial charge >= 0.3 is 5.97 Å². The molecule has 8 heteroatoms. The Labute approximate surface area is 152 Å². The van der Waals surface area contributed by atoms with Crippen LogP contribution in [0, 0.1) is 0 Å². The molecule has 26 heavy (non-hydrogen) atoms. The van der Waals surface area contributed by atoms with E-state index in [1.165, 1.54) is 24.1 Å². The number of amides is 1. The van der Waals surface area contributed by atoms with Gasteiger partial charge in [-0.15, -0.1) is 0 Å². The summed E-state index contributed by atoms with van der Waals surface area (Å²) in [5.74, 6) is -0.648. The smallest absolute Gasteiger partial charge is 0.307 e. The van der Waals surface area contributed by atoms with Crippen molar-refractivity contribution in [1.29, 1.82) is 0 Å². The van der Waals surface area contributed by atoms with Crippen LogP contribution in [0.15, 0.2) is 59.5 Å². The molecule has 0 spiro atoms. The van der Waals surface area contributed by atoms with Crippen molar-refractivity contribution in [2.24, 2.45) is 5.14 Å². The van der Waals surface area contributed by atoms with E-state index < -0.39 is 16.0 Å². The van der Waals surface area contributed by atoms with E-state index in [0.717, 1.165) is 0 Å². The number of ether oxygens (including phenoxy) is 1. The highest BCUT2D eigenvalue weighted by Crippen LogP contribution is 2.14. The fourth-order valence-electron chi connectivity index (χ4n) is 2.35. The van der Waals surface area contributed by atoms with Crippen LogP contribution in [0.2, 0.25) is 0 Å². The normalized spacial score (nSPS) is 11.0. The SMILES string of the molecule is COC(=O)CCN(Cc1ccc(S(N)(=O)=O)cc1)C(=O)c1ccccc1. The van der Waals surface area contributed by atoms with Crippen molar-refractivity contribution in [2.45, 2.75) is 17.9 Å². The molecule has 2 aromatic carbocycles. The van der Waals surface area contributed by atoms with Crippen LogP contribution < -0.4 is 5.14 Å². The second kappa shape index (κ2) is 8.59. The largest absolute Gasteiger partial charge is 0.469 e. The summed E-state index contributed by atoms with van der Waals surface area (Å²) in [4.78, 5) is 25.7. The van der Waals surface area contributed by atoms with E-state index in [1.54, 1.807) is 36.4 Å². The fraction of sp³-hybridized carbons (Fsp3) is 0.222. The average molecular weight is 376 g/mol. The summed E-state index contributed by atoms with van der Waals surface area (Å²) < 4.78 is 27.3. The number of nitrogens with two attached hydrogens (primary N) is 1. The predicted octanol–water partition coefficient (Wildman–Crippen LogP) is 1.54. The maximum Gasteiger partial charge on any atom is 0.307 e. The van der Waals surface area contributed by atoms with Crippen LogP contribution in [0.1, 0.15) is 22.3 Å². The number of methoxy groups -OCH3 is 1. The van der Waals surface area contributed by atoms with Crippen LogP contribution in [-0.2, 0) is 26.1 Å². The molecule has 0 heterocycles. The number of carbonyl (C=O) groups is 2. The highest BCUT2D eigenvalue weighted by Gasteiger charge is 2.18. The first kappa shape index (κ1) is 19.6. The van der Waals surface area contributed by atoms with Crippen molar-refractivity contribution < 1.29 is 22.7 Å². The van der Waals surface area contributed by atoms with Crippen molar-refractivity contribution in [3.05, 3.63) is 65.7 Å². The summed E-state index contributed by atoms with van der Waals surface area (Å²) in [5, 5.41) is 5.08. The zero-order valence-electron chi connectivity index (χ0n) is 14.3. The van der Waals surface area contributed by atoms with Crippen LogP contribution in [0.4, 0.5) is 0 Å². The Morgan fingerprint density at radius 3 is 2.19 bits per heavy atom. The predicted molar refractivity (Wildman–Crippen MR) is 95.6 cm³/mol. The molecule has 2 N–H and O–H groups in total. The van der Waals surface area contributed by atoms with Crippen molar-refractivity contribution in [1.82, 2.24) is 4.90 Å². The number of rotatable bonds is 7. The van der Waals surface area contributed by atoms with E-state index in [0.29, 0.717) is 11.1 Å². The summed E-state index contributed by atoms with van der Waals surface area (Å²) in [5.41, 5.74) is 1.21. The lowest BCUT2D eigenvalue weighted by molar-refractivity contribution is -0.140. The van der Waals surface area contributed by atoms with Gasteiger partial charge in [-0.25, -0.2) is 13.6 Å². The van der Waals surface area contributed by atoms with E-state index in [-0.39, 0.29) is 30.3 Å². The second-order valence-electron chi connectivity index (χ2n) is 5.61. The molecule has 0 bridgehead atoms. The van der Waals surface area contributed by atoms with Crippen LogP contribution in [-0.4, -0.2) is 38.8 Å². The third-order valence-corrected chi connectivity index (χ3v) is 4.68. The first-order chi connectivity index (χ1) is 12.3. The van der Waals surface area contributed by atoms with Gasteiger partial charge in [0.1, 0.15) is 0 Å². The molecule has 0 radical (unpaired) electrons. The molecule has 0 saturated carbocycles. The van der Waals surface area contributed by atoms with Crippen LogP contribution >= 0.6 is 0 Å². The third-order valence-electron chi connectivity index (χ3n) is 3.75. The van der Waals surface area contributed by atoms with Crippen LogP contribution in [0.5, 0.6) is 0 Å². The maximum absolute atomic E-state index is 12.7. The molecule has 0 aliphatic rings. The van der Waals surface area contributed by atoms with E-state index >= 15 is 0 Å². The molecule has 2 aromatic rings. The molecule has 7 nitrogen and oxygen atoms in total. The molecule has 2 rings (SSSR count). The van der Waals surface area contributed by atoms with Gasteiger partial charge in [-0.05, 0) is 29.8 Å².